The molecule has 3 aromatic rings. The average molecular weight is 405 g/mol. The molecule has 0 saturated carbocycles. The number of carbonyl (C=O) groups excluding carboxylic acids is 1. The highest BCUT2D eigenvalue weighted by Gasteiger charge is 2.25. The summed E-state index contributed by atoms with van der Waals surface area (Å²) in [6.45, 7) is 2.57. The third kappa shape index (κ3) is 4.03. The number of amides is 1. The van der Waals surface area contributed by atoms with E-state index >= 15 is 0 Å². The number of hydrogen-bond donors (Lipinski definition) is 0. The van der Waals surface area contributed by atoms with E-state index in [0.29, 0.717) is 43.2 Å². The van der Waals surface area contributed by atoms with Crippen molar-refractivity contribution in [3.63, 3.8) is 0 Å². The van der Waals surface area contributed by atoms with Crippen molar-refractivity contribution in [1.29, 1.82) is 0 Å². The largest absolute Gasteiger partial charge is 0.497 e. The molecule has 1 amide bonds. The molecular weight excluding hydrogens is 382 g/mol. The molecule has 1 aromatic carbocycles. The van der Waals surface area contributed by atoms with Crippen LogP contribution in [0, 0.1) is 0 Å². The third-order valence-electron chi connectivity index (χ3n) is 5.14. The standard InChI is InChI=1S/C22H23N5O3/c1-29-17-5-6-18(20(14-17)30-2)22(28)27-12-10-26(11-13-27)21-8-7-19(24-25-21)16-4-3-9-23-15-16/h3-9,14-15H,10-13H2,1-2H3. The van der Waals surface area contributed by atoms with Crippen molar-refractivity contribution < 1.29 is 14.3 Å². The van der Waals surface area contributed by atoms with Gasteiger partial charge in [0.25, 0.3) is 5.91 Å². The first-order chi connectivity index (χ1) is 14.7. The molecule has 0 N–H and O–H groups in total. The Hall–Kier alpha value is -3.68. The van der Waals surface area contributed by atoms with Gasteiger partial charge in [0.15, 0.2) is 5.82 Å². The van der Waals surface area contributed by atoms with E-state index in [9.17, 15) is 4.79 Å². The Kier molecular flexibility index (Phi) is 5.74. The zero-order valence-electron chi connectivity index (χ0n) is 17.0. The molecule has 30 heavy (non-hydrogen) atoms. The van der Waals surface area contributed by atoms with Crippen LogP contribution in [0.3, 0.4) is 0 Å². The summed E-state index contributed by atoms with van der Waals surface area (Å²) in [6, 6.07) is 13.0. The minimum atomic E-state index is -0.0489. The van der Waals surface area contributed by atoms with Crippen LogP contribution in [0.25, 0.3) is 11.3 Å². The first-order valence-corrected chi connectivity index (χ1v) is 9.70. The van der Waals surface area contributed by atoms with Crippen molar-refractivity contribution >= 4 is 11.7 Å². The van der Waals surface area contributed by atoms with Crippen molar-refractivity contribution in [3.8, 4) is 22.8 Å². The van der Waals surface area contributed by atoms with Gasteiger partial charge in [-0.1, -0.05) is 0 Å². The minimum Gasteiger partial charge on any atom is -0.497 e. The van der Waals surface area contributed by atoms with E-state index in [0.717, 1.165) is 17.1 Å². The van der Waals surface area contributed by atoms with E-state index in [-0.39, 0.29) is 5.91 Å². The lowest BCUT2D eigenvalue weighted by Crippen LogP contribution is -2.49. The topological polar surface area (TPSA) is 80.7 Å². The Balaban J connectivity index is 1.41. The van der Waals surface area contributed by atoms with Gasteiger partial charge in [-0.25, -0.2) is 0 Å². The van der Waals surface area contributed by atoms with Gasteiger partial charge in [-0.15, -0.1) is 10.2 Å². The fraction of sp³-hybridized carbons (Fsp3) is 0.273. The molecule has 4 rings (SSSR count). The van der Waals surface area contributed by atoms with Crippen LogP contribution in [0.4, 0.5) is 5.82 Å². The van der Waals surface area contributed by atoms with Crippen molar-refractivity contribution in [2.24, 2.45) is 0 Å². The number of piperazine rings is 1. The molecule has 3 heterocycles. The molecule has 0 atom stereocenters. The summed E-state index contributed by atoms with van der Waals surface area (Å²) in [6.07, 6.45) is 3.50. The number of anilines is 1. The molecule has 1 saturated heterocycles. The maximum absolute atomic E-state index is 13.0. The highest BCUT2D eigenvalue weighted by Crippen LogP contribution is 2.26. The number of hydrogen-bond acceptors (Lipinski definition) is 7. The molecule has 154 valence electrons. The Morgan fingerprint density at radius 2 is 1.80 bits per heavy atom. The number of carbonyl (C=O) groups is 1. The van der Waals surface area contributed by atoms with Crippen molar-refractivity contribution in [2.45, 2.75) is 0 Å². The molecule has 8 heteroatoms. The molecular formula is C22H23N5O3. The molecule has 0 aliphatic carbocycles. The Labute approximate surface area is 175 Å². The highest BCUT2D eigenvalue weighted by atomic mass is 16.5. The number of benzene rings is 1. The van der Waals surface area contributed by atoms with Gasteiger partial charge in [-0.3, -0.25) is 9.78 Å². The van der Waals surface area contributed by atoms with Crippen LogP contribution in [0.15, 0.2) is 54.9 Å². The summed E-state index contributed by atoms with van der Waals surface area (Å²) in [5, 5.41) is 8.69. The van der Waals surface area contributed by atoms with Crippen molar-refractivity contribution in [3.05, 3.63) is 60.4 Å². The first-order valence-electron chi connectivity index (χ1n) is 9.70. The predicted octanol–water partition coefficient (Wildman–Crippen LogP) is 2.52. The second-order valence-electron chi connectivity index (χ2n) is 6.86. The molecule has 8 nitrogen and oxygen atoms in total. The summed E-state index contributed by atoms with van der Waals surface area (Å²) < 4.78 is 10.6. The molecule has 0 spiro atoms. The van der Waals surface area contributed by atoms with Gasteiger partial charge in [-0.2, -0.15) is 0 Å². The van der Waals surface area contributed by atoms with Gasteiger partial charge in [0.1, 0.15) is 11.5 Å². The quantitative estimate of drug-likeness (QED) is 0.645. The summed E-state index contributed by atoms with van der Waals surface area (Å²) in [4.78, 5) is 21.1. The Morgan fingerprint density at radius 1 is 0.967 bits per heavy atom. The van der Waals surface area contributed by atoms with E-state index < -0.39 is 0 Å². The fourth-order valence-electron chi connectivity index (χ4n) is 3.45. The molecule has 1 fully saturated rings. The summed E-state index contributed by atoms with van der Waals surface area (Å²) in [5.41, 5.74) is 2.25. The van der Waals surface area contributed by atoms with Gasteiger partial charge >= 0.3 is 0 Å². The van der Waals surface area contributed by atoms with Gasteiger partial charge in [-0.05, 0) is 36.4 Å². The number of methoxy groups -OCH3 is 2. The summed E-state index contributed by atoms with van der Waals surface area (Å²) in [5.74, 6) is 1.92. The van der Waals surface area contributed by atoms with Crippen LogP contribution in [-0.2, 0) is 0 Å². The van der Waals surface area contributed by atoms with Gasteiger partial charge < -0.3 is 19.3 Å². The number of aromatic nitrogens is 3. The average Bonchev–Trinajstić information content (AvgIpc) is 2.84. The van der Waals surface area contributed by atoms with Gasteiger partial charge in [0.05, 0.1) is 25.5 Å². The van der Waals surface area contributed by atoms with Gasteiger partial charge in [0.2, 0.25) is 0 Å². The molecule has 0 radical (unpaired) electrons. The van der Waals surface area contributed by atoms with E-state index in [4.69, 9.17) is 9.47 Å². The number of pyridine rings is 1. The lowest BCUT2D eigenvalue weighted by molar-refractivity contribution is 0.0743. The third-order valence-corrected chi connectivity index (χ3v) is 5.14. The fourth-order valence-corrected chi connectivity index (χ4v) is 3.45. The van der Waals surface area contributed by atoms with Gasteiger partial charge in [0, 0.05) is 50.2 Å². The lowest BCUT2D eigenvalue weighted by atomic mass is 10.1. The summed E-state index contributed by atoms with van der Waals surface area (Å²) in [7, 11) is 3.14. The smallest absolute Gasteiger partial charge is 0.257 e. The van der Waals surface area contributed by atoms with Crippen LogP contribution in [-0.4, -0.2) is 66.4 Å². The van der Waals surface area contributed by atoms with E-state index in [1.165, 1.54) is 0 Å². The number of ether oxygens (including phenoxy) is 2. The first kappa shape index (κ1) is 19.6. The second-order valence-corrected chi connectivity index (χ2v) is 6.86. The highest BCUT2D eigenvalue weighted by molar-refractivity contribution is 5.97. The lowest BCUT2D eigenvalue weighted by Gasteiger charge is -2.35. The summed E-state index contributed by atoms with van der Waals surface area (Å²) >= 11 is 0. The van der Waals surface area contributed by atoms with Crippen molar-refractivity contribution in [2.75, 3.05) is 45.3 Å². The molecule has 0 bridgehead atoms. The predicted molar refractivity (Wildman–Crippen MR) is 113 cm³/mol. The SMILES string of the molecule is COc1ccc(C(=O)N2CCN(c3ccc(-c4cccnc4)nn3)CC2)c(OC)c1. The van der Waals surface area contributed by atoms with E-state index in [1.807, 2.05) is 29.2 Å². The van der Waals surface area contributed by atoms with Crippen LogP contribution in [0.1, 0.15) is 10.4 Å². The Bertz CT molecular complexity index is 1000. The minimum absolute atomic E-state index is 0.0489. The van der Waals surface area contributed by atoms with Crippen LogP contribution < -0.4 is 14.4 Å². The van der Waals surface area contributed by atoms with E-state index in [2.05, 4.69) is 20.1 Å². The second kappa shape index (κ2) is 8.77. The normalized spacial score (nSPS) is 13.8. The van der Waals surface area contributed by atoms with Crippen molar-refractivity contribution in [1.82, 2.24) is 20.1 Å². The number of nitrogens with zero attached hydrogens (tertiary/aromatic N) is 5. The number of rotatable bonds is 5. The van der Waals surface area contributed by atoms with Crippen LogP contribution >= 0.6 is 0 Å². The zero-order valence-corrected chi connectivity index (χ0v) is 17.0. The molecule has 2 aromatic heterocycles. The van der Waals surface area contributed by atoms with E-state index in [1.54, 1.807) is 44.8 Å². The molecule has 0 unspecified atom stereocenters. The maximum Gasteiger partial charge on any atom is 0.257 e. The molecule has 1 aliphatic rings. The monoisotopic (exact) mass is 405 g/mol. The van der Waals surface area contributed by atoms with Crippen LogP contribution in [0.5, 0.6) is 11.5 Å². The zero-order chi connectivity index (χ0) is 20.9. The Morgan fingerprint density at radius 3 is 2.43 bits per heavy atom. The van der Waals surface area contributed by atoms with Crippen LogP contribution in [0.2, 0.25) is 0 Å². The molecule has 1 aliphatic heterocycles. The maximum atomic E-state index is 13.0.